The Kier molecular flexibility index (Phi) is 7.36. The first-order valence-corrected chi connectivity index (χ1v) is 11.1. The normalized spacial score (nSPS) is 24.2. The van der Waals surface area contributed by atoms with Crippen molar-refractivity contribution in [2.45, 2.75) is 89.1 Å². The van der Waals surface area contributed by atoms with Crippen molar-refractivity contribution in [1.82, 2.24) is 4.90 Å². The van der Waals surface area contributed by atoms with Crippen LogP contribution in [0, 0.1) is 0 Å². The van der Waals surface area contributed by atoms with Crippen LogP contribution in [0.3, 0.4) is 0 Å². The van der Waals surface area contributed by atoms with Crippen LogP contribution in [0.1, 0.15) is 77.6 Å². The summed E-state index contributed by atoms with van der Waals surface area (Å²) >= 11 is 0. The van der Waals surface area contributed by atoms with Crippen molar-refractivity contribution >= 4 is 6.09 Å². The molecule has 3 heteroatoms. The van der Waals surface area contributed by atoms with Gasteiger partial charge in [-0.15, -0.1) is 6.58 Å². The van der Waals surface area contributed by atoms with E-state index in [1.807, 2.05) is 36.4 Å². The Labute approximate surface area is 170 Å². The predicted molar refractivity (Wildman–Crippen MR) is 116 cm³/mol. The zero-order chi connectivity index (χ0) is 19.8. The molecule has 1 aliphatic heterocycles. The molecule has 0 spiro atoms. The Morgan fingerprint density at radius 2 is 2.07 bits per heavy atom. The van der Waals surface area contributed by atoms with Crippen LogP contribution in [0.15, 0.2) is 54.6 Å². The van der Waals surface area contributed by atoms with E-state index in [9.17, 15) is 4.79 Å². The third-order valence-electron chi connectivity index (χ3n) is 6.36. The third-order valence-corrected chi connectivity index (χ3v) is 6.36. The molecule has 3 rings (SSSR count). The molecule has 2 atom stereocenters. The topological polar surface area (TPSA) is 29.5 Å². The summed E-state index contributed by atoms with van der Waals surface area (Å²) in [6.45, 7) is 6.26. The van der Waals surface area contributed by atoms with Crippen molar-refractivity contribution in [3.63, 3.8) is 0 Å². The zero-order valence-electron chi connectivity index (χ0n) is 17.4. The number of carbonyl (C=O) groups excluding carboxylic acids is 1. The lowest BCUT2D eigenvalue weighted by molar-refractivity contribution is 0.0426. The fourth-order valence-electron chi connectivity index (χ4n) is 5.01. The van der Waals surface area contributed by atoms with Crippen LogP contribution in [-0.4, -0.2) is 22.6 Å². The summed E-state index contributed by atoms with van der Waals surface area (Å²) in [4.78, 5) is 15.6. The van der Waals surface area contributed by atoms with Gasteiger partial charge < -0.3 is 4.74 Å². The monoisotopic (exact) mass is 381 g/mol. The van der Waals surface area contributed by atoms with Gasteiger partial charge in [0, 0.05) is 6.04 Å². The summed E-state index contributed by atoms with van der Waals surface area (Å²) in [5, 5.41) is 0. The molecule has 0 saturated heterocycles. The highest BCUT2D eigenvalue weighted by molar-refractivity contribution is 5.73. The van der Waals surface area contributed by atoms with Gasteiger partial charge in [0.1, 0.15) is 5.75 Å². The maximum atomic E-state index is 13.4. The minimum atomic E-state index is -0.237. The van der Waals surface area contributed by atoms with Crippen molar-refractivity contribution in [2.75, 3.05) is 0 Å². The summed E-state index contributed by atoms with van der Waals surface area (Å²) in [6.07, 6.45) is 16.4. The van der Waals surface area contributed by atoms with E-state index in [-0.39, 0.29) is 17.7 Å². The van der Waals surface area contributed by atoms with Gasteiger partial charge in [-0.05, 0) is 56.2 Å². The number of amides is 1. The van der Waals surface area contributed by atoms with Crippen molar-refractivity contribution in [1.29, 1.82) is 0 Å². The summed E-state index contributed by atoms with van der Waals surface area (Å²) in [7, 11) is 0. The van der Waals surface area contributed by atoms with E-state index >= 15 is 0 Å². The molecule has 1 saturated carbocycles. The highest BCUT2D eigenvalue weighted by Crippen LogP contribution is 2.46. The number of ether oxygens (including phenoxy) is 1. The molecule has 0 aromatic heterocycles. The van der Waals surface area contributed by atoms with E-state index in [1.54, 1.807) is 0 Å². The van der Waals surface area contributed by atoms with E-state index in [0.717, 1.165) is 38.5 Å². The highest BCUT2D eigenvalue weighted by Gasteiger charge is 2.48. The average Bonchev–Trinajstić information content (AvgIpc) is 2.71. The average molecular weight is 382 g/mol. The standard InChI is InChI=1S/C25H35NO2/c1-3-5-6-8-14-22-18-17-21-13-11-12-20-25(21,19-4-2)26(22)24(27)28-23-15-9-7-10-16-23/h4,7,9-10,15-17,22H,2-3,5-6,8,11-14,18-20H2,1H3/t22-,25?/m1/s1. The number of para-hydroxylation sites is 1. The van der Waals surface area contributed by atoms with Gasteiger partial charge >= 0.3 is 6.09 Å². The number of nitrogens with zero attached hydrogens (tertiary/aromatic N) is 1. The molecule has 1 amide bonds. The van der Waals surface area contributed by atoms with Crippen LogP contribution < -0.4 is 4.74 Å². The number of unbranched alkanes of at least 4 members (excludes halogenated alkanes) is 3. The molecule has 1 heterocycles. The molecule has 3 nitrogen and oxygen atoms in total. The molecule has 1 aromatic carbocycles. The largest absolute Gasteiger partial charge is 0.416 e. The van der Waals surface area contributed by atoms with Crippen molar-refractivity contribution in [2.24, 2.45) is 0 Å². The van der Waals surface area contributed by atoms with Gasteiger partial charge in [0.25, 0.3) is 0 Å². The van der Waals surface area contributed by atoms with E-state index in [4.69, 9.17) is 4.74 Å². The SMILES string of the molecule is C=CCC12CCCCC1=CC[C@@H](CCCCCC)N2C(=O)Oc1ccccc1. The predicted octanol–water partition coefficient (Wildman–Crippen LogP) is 7.05. The van der Waals surface area contributed by atoms with Crippen LogP contribution >= 0.6 is 0 Å². The van der Waals surface area contributed by atoms with Crippen LogP contribution in [0.25, 0.3) is 0 Å². The van der Waals surface area contributed by atoms with Crippen LogP contribution in [0.5, 0.6) is 5.75 Å². The summed E-state index contributed by atoms with van der Waals surface area (Å²) in [5.74, 6) is 0.623. The number of rotatable bonds is 8. The van der Waals surface area contributed by atoms with Crippen molar-refractivity contribution in [3.8, 4) is 5.75 Å². The van der Waals surface area contributed by atoms with Crippen LogP contribution in [0.4, 0.5) is 4.79 Å². The molecule has 28 heavy (non-hydrogen) atoms. The van der Waals surface area contributed by atoms with Gasteiger partial charge in [0.05, 0.1) is 5.54 Å². The maximum absolute atomic E-state index is 13.4. The molecule has 1 fully saturated rings. The van der Waals surface area contributed by atoms with Gasteiger partial charge in [-0.25, -0.2) is 4.79 Å². The first-order valence-electron chi connectivity index (χ1n) is 11.1. The molecule has 1 unspecified atom stereocenters. The summed E-state index contributed by atoms with van der Waals surface area (Å²) in [6, 6.07) is 9.69. The smallest absolute Gasteiger partial charge is 0.410 e. The molecule has 0 radical (unpaired) electrons. The Balaban J connectivity index is 1.87. The second-order valence-corrected chi connectivity index (χ2v) is 8.25. The fourth-order valence-corrected chi connectivity index (χ4v) is 5.01. The number of fused-ring (bicyclic) bond motifs is 1. The van der Waals surface area contributed by atoms with Crippen molar-refractivity contribution < 1.29 is 9.53 Å². The molecular formula is C25H35NO2. The summed E-state index contributed by atoms with van der Waals surface area (Å²) < 4.78 is 5.86. The fraction of sp³-hybridized carbons (Fsp3) is 0.560. The lowest BCUT2D eigenvalue weighted by Crippen LogP contribution is -2.60. The Morgan fingerprint density at radius 1 is 1.25 bits per heavy atom. The molecule has 2 aliphatic rings. The second kappa shape index (κ2) is 9.95. The van der Waals surface area contributed by atoms with Crippen molar-refractivity contribution in [3.05, 3.63) is 54.6 Å². The van der Waals surface area contributed by atoms with Gasteiger partial charge in [-0.1, -0.05) is 69.4 Å². The van der Waals surface area contributed by atoms with E-state index < -0.39 is 0 Å². The Hall–Kier alpha value is -2.03. The molecule has 0 bridgehead atoms. The van der Waals surface area contributed by atoms with Crippen LogP contribution in [0.2, 0.25) is 0 Å². The van der Waals surface area contributed by atoms with Gasteiger partial charge in [-0.2, -0.15) is 0 Å². The maximum Gasteiger partial charge on any atom is 0.416 e. The first-order chi connectivity index (χ1) is 13.7. The molecule has 1 aliphatic carbocycles. The molecule has 0 N–H and O–H groups in total. The van der Waals surface area contributed by atoms with E-state index in [1.165, 1.54) is 37.7 Å². The number of hydrogen-bond acceptors (Lipinski definition) is 2. The van der Waals surface area contributed by atoms with Crippen LogP contribution in [-0.2, 0) is 0 Å². The number of carbonyl (C=O) groups is 1. The number of benzene rings is 1. The molecule has 1 aromatic rings. The molecular weight excluding hydrogens is 346 g/mol. The summed E-state index contributed by atoms with van der Waals surface area (Å²) in [5.41, 5.74) is 1.19. The lowest BCUT2D eigenvalue weighted by atomic mass is 9.70. The number of hydrogen-bond donors (Lipinski definition) is 0. The van der Waals surface area contributed by atoms with Gasteiger partial charge in [-0.3, -0.25) is 4.90 Å². The second-order valence-electron chi connectivity index (χ2n) is 8.25. The zero-order valence-corrected chi connectivity index (χ0v) is 17.4. The first kappa shape index (κ1) is 20.7. The van der Waals surface area contributed by atoms with Gasteiger partial charge in [0.2, 0.25) is 0 Å². The lowest BCUT2D eigenvalue weighted by Gasteiger charge is -2.53. The highest BCUT2D eigenvalue weighted by atomic mass is 16.6. The minimum Gasteiger partial charge on any atom is -0.410 e. The Bertz CT molecular complexity index is 681. The Morgan fingerprint density at radius 3 is 2.82 bits per heavy atom. The van der Waals surface area contributed by atoms with Gasteiger partial charge in [0.15, 0.2) is 0 Å². The van der Waals surface area contributed by atoms with E-state index in [0.29, 0.717) is 5.75 Å². The third kappa shape index (κ3) is 4.51. The minimum absolute atomic E-state index is 0.193. The van der Waals surface area contributed by atoms with E-state index in [2.05, 4.69) is 24.5 Å². The molecule has 152 valence electrons. The quantitative estimate of drug-likeness (QED) is 0.357.